The number of anilines is 1. The lowest BCUT2D eigenvalue weighted by Crippen LogP contribution is -2.31. The van der Waals surface area contributed by atoms with Gasteiger partial charge < -0.3 is 9.84 Å². The fourth-order valence-electron chi connectivity index (χ4n) is 5.32. The number of pyridine rings is 1. The van der Waals surface area contributed by atoms with E-state index in [4.69, 9.17) is 4.74 Å². The number of imide groups is 1. The monoisotopic (exact) mass is 576 g/mol. The molecule has 0 unspecified atom stereocenters. The average molecular weight is 577 g/mol. The maximum absolute atomic E-state index is 14.2. The van der Waals surface area contributed by atoms with Crippen LogP contribution in [0.4, 0.5) is 10.2 Å². The molecular weight excluding hydrogens is 555 g/mol. The van der Waals surface area contributed by atoms with Crippen LogP contribution >= 0.6 is 0 Å². The van der Waals surface area contributed by atoms with E-state index >= 15 is 0 Å². The smallest absolute Gasteiger partial charge is 0.325 e. The Morgan fingerprint density at radius 2 is 1.74 bits per heavy atom. The number of halogens is 1. The quantitative estimate of drug-likeness (QED) is 0.265. The zero-order valence-electron chi connectivity index (χ0n) is 22.5. The minimum atomic E-state index is -1.05. The molecule has 4 heterocycles. The Hall–Kier alpha value is -5.91. The summed E-state index contributed by atoms with van der Waals surface area (Å²) in [7, 11) is 0. The van der Waals surface area contributed by atoms with Gasteiger partial charge >= 0.3 is 5.97 Å². The summed E-state index contributed by atoms with van der Waals surface area (Å²) < 4.78 is 23.7. The molecule has 43 heavy (non-hydrogen) atoms. The van der Waals surface area contributed by atoms with Gasteiger partial charge in [-0.3, -0.25) is 19.1 Å². The average Bonchev–Trinajstić information content (AvgIpc) is 3.72. The number of carbonyl (C=O) groups is 3. The standard InChI is InChI=1S/C31H21FN6O5/c1-17(23-14-25-19(15-34-37(25)16-28(39)40)12-26(23)36-10-4-9-33-36)43-27-13-18-11-20(32)7-8-24(18)35-29(27)38-30(41)21-5-2-3-6-22(21)31(38)42/h2-15,17H,16H2,1H3,(H,39,40)/t17-/m0/s1. The maximum atomic E-state index is 14.2. The second-order valence-corrected chi connectivity index (χ2v) is 10.0. The van der Waals surface area contributed by atoms with Crippen LogP contribution in [0.25, 0.3) is 27.5 Å². The second-order valence-electron chi connectivity index (χ2n) is 10.0. The fraction of sp³-hybridized carbons (Fsp3) is 0.0968. The molecule has 1 aliphatic rings. The first-order chi connectivity index (χ1) is 20.8. The largest absolute Gasteiger partial charge is 0.482 e. The van der Waals surface area contributed by atoms with E-state index in [0.29, 0.717) is 33.1 Å². The predicted octanol–water partition coefficient (Wildman–Crippen LogP) is 4.93. The number of carbonyl (C=O) groups excluding carboxylic acids is 2. The van der Waals surface area contributed by atoms with Gasteiger partial charge in [-0.15, -0.1) is 0 Å². The van der Waals surface area contributed by atoms with Crippen LogP contribution in [0.1, 0.15) is 39.3 Å². The molecule has 0 radical (unpaired) electrons. The number of rotatable bonds is 7. The highest BCUT2D eigenvalue weighted by molar-refractivity contribution is 6.34. The molecule has 0 aliphatic carbocycles. The van der Waals surface area contributed by atoms with Gasteiger partial charge in [-0.1, -0.05) is 12.1 Å². The van der Waals surface area contributed by atoms with Crippen molar-refractivity contribution in [1.29, 1.82) is 0 Å². The summed E-state index contributed by atoms with van der Waals surface area (Å²) in [6.45, 7) is 1.41. The Morgan fingerprint density at radius 3 is 2.44 bits per heavy atom. The van der Waals surface area contributed by atoms with Gasteiger partial charge in [-0.2, -0.15) is 10.2 Å². The van der Waals surface area contributed by atoms with Gasteiger partial charge in [0.15, 0.2) is 11.6 Å². The van der Waals surface area contributed by atoms with Crippen molar-refractivity contribution in [2.75, 3.05) is 4.90 Å². The number of fused-ring (bicyclic) bond motifs is 3. The van der Waals surface area contributed by atoms with Crippen LogP contribution in [0.2, 0.25) is 0 Å². The molecule has 0 spiro atoms. The van der Waals surface area contributed by atoms with Gasteiger partial charge in [0.2, 0.25) is 0 Å². The number of benzene rings is 3. The number of hydrogen-bond acceptors (Lipinski definition) is 7. The molecule has 7 rings (SSSR count). The lowest BCUT2D eigenvalue weighted by atomic mass is 10.1. The van der Waals surface area contributed by atoms with E-state index in [9.17, 15) is 23.9 Å². The summed E-state index contributed by atoms with van der Waals surface area (Å²) >= 11 is 0. The summed E-state index contributed by atoms with van der Waals surface area (Å²) in [4.78, 5) is 43.9. The summed E-state index contributed by atoms with van der Waals surface area (Å²) in [5.41, 5.74) is 2.65. The Labute approximate surface area is 242 Å². The number of ether oxygens (including phenoxy) is 1. The van der Waals surface area contributed by atoms with Gasteiger partial charge in [-0.25, -0.2) is 19.0 Å². The van der Waals surface area contributed by atoms with Crippen molar-refractivity contribution < 1.29 is 28.6 Å². The topological polar surface area (TPSA) is 132 Å². The van der Waals surface area contributed by atoms with E-state index in [1.165, 1.54) is 22.9 Å². The number of amides is 2. The Bertz CT molecular complexity index is 2070. The van der Waals surface area contributed by atoms with Crippen molar-refractivity contribution in [3.05, 3.63) is 108 Å². The Balaban J connectivity index is 1.37. The number of hydrogen-bond donors (Lipinski definition) is 1. The lowest BCUT2D eigenvalue weighted by molar-refractivity contribution is -0.137. The molecular formula is C31H21FN6O5. The van der Waals surface area contributed by atoms with E-state index < -0.39 is 29.7 Å². The molecule has 1 N–H and O–H groups in total. The number of carboxylic acids is 1. The highest BCUT2D eigenvalue weighted by Gasteiger charge is 2.39. The van der Waals surface area contributed by atoms with Crippen LogP contribution in [-0.4, -0.2) is 47.4 Å². The van der Waals surface area contributed by atoms with Gasteiger partial charge in [0, 0.05) is 28.7 Å². The Kier molecular flexibility index (Phi) is 5.97. The van der Waals surface area contributed by atoms with Crippen LogP contribution in [0.5, 0.6) is 5.75 Å². The van der Waals surface area contributed by atoms with Crippen molar-refractivity contribution in [2.24, 2.45) is 0 Å². The van der Waals surface area contributed by atoms with Crippen molar-refractivity contribution in [3.8, 4) is 11.4 Å². The zero-order valence-corrected chi connectivity index (χ0v) is 22.5. The van der Waals surface area contributed by atoms with Crippen LogP contribution < -0.4 is 9.64 Å². The van der Waals surface area contributed by atoms with E-state index in [0.717, 1.165) is 4.90 Å². The first kappa shape index (κ1) is 26.0. The summed E-state index contributed by atoms with van der Waals surface area (Å²) in [6.07, 6.45) is 4.19. The van der Waals surface area contributed by atoms with Gasteiger partial charge in [0.25, 0.3) is 11.8 Å². The molecule has 3 aromatic carbocycles. The molecule has 1 aliphatic heterocycles. The van der Waals surface area contributed by atoms with Gasteiger partial charge in [0.1, 0.15) is 18.5 Å². The highest BCUT2D eigenvalue weighted by Crippen LogP contribution is 2.39. The van der Waals surface area contributed by atoms with Crippen molar-refractivity contribution in [2.45, 2.75) is 19.6 Å². The number of aromatic nitrogens is 5. The molecule has 3 aromatic heterocycles. The van der Waals surface area contributed by atoms with E-state index in [1.807, 2.05) is 6.07 Å². The SMILES string of the molecule is C[C@H](Oc1cc2cc(F)ccc2nc1N1C(=O)c2ccccc2C1=O)c1cc2c(cnn2CC(=O)O)cc1-n1cccn1. The van der Waals surface area contributed by atoms with Crippen LogP contribution in [-0.2, 0) is 11.3 Å². The first-order valence-electron chi connectivity index (χ1n) is 13.2. The minimum absolute atomic E-state index is 0.0326. The van der Waals surface area contributed by atoms with E-state index in [-0.39, 0.29) is 29.2 Å². The van der Waals surface area contributed by atoms with Crippen LogP contribution in [0.15, 0.2) is 85.3 Å². The van der Waals surface area contributed by atoms with Crippen molar-refractivity contribution in [3.63, 3.8) is 0 Å². The van der Waals surface area contributed by atoms with Crippen molar-refractivity contribution in [1.82, 2.24) is 24.5 Å². The normalized spacial score (nSPS) is 13.6. The van der Waals surface area contributed by atoms with Crippen molar-refractivity contribution >= 4 is 45.4 Å². The lowest BCUT2D eigenvalue weighted by Gasteiger charge is -2.23. The molecule has 0 saturated heterocycles. The zero-order chi connectivity index (χ0) is 29.8. The molecule has 0 bridgehead atoms. The molecule has 6 aromatic rings. The predicted molar refractivity (Wildman–Crippen MR) is 153 cm³/mol. The minimum Gasteiger partial charge on any atom is -0.482 e. The molecule has 11 nitrogen and oxygen atoms in total. The second kappa shape index (κ2) is 9.87. The highest BCUT2D eigenvalue weighted by atomic mass is 19.1. The fourth-order valence-corrected chi connectivity index (χ4v) is 5.32. The third kappa shape index (κ3) is 4.36. The third-order valence-corrected chi connectivity index (χ3v) is 7.30. The molecule has 0 saturated carbocycles. The molecule has 12 heteroatoms. The summed E-state index contributed by atoms with van der Waals surface area (Å²) in [6, 6.07) is 17.4. The maximum Gasteiger partial charge on any atom is 0.325 e. The van der Waals surface area contributed by atoms with E-state index in [1.54, 1.807) is 72.7 Å². The van der Waals surface area contributed by atoms with Gasteiger partial charge in [-0.05, 0) is 61.5 Å². The third-order valence-electron chi connectivity index (χ3n) is 7.30. The van der Waals surface area contributed by atoms with E-state index in [2.05, 4.69) is 15.2 Å². The number of nitrogens with zero attached hydrogens (tertiary/aromatic N) is 6. The molecule has 0 fully saturated rings. The first-order valence-corrected chi connectivity index (χ1v) is 13.2. The number of aliphatic carboxylic acids is 1. The van der Waals surface area contributed by atoms with Crippen LogP contribution in [0, 0.1) is 5.82 Å². The van der Waals surface area contributed by atoms with Crippen LogP contribution in [0.3, 0.4) is 0 Å². The number of carboxylic acid groups (broad SMARTS) is 1. The molecule has 212 valence electrons. The Morgan fingerprint density at radius 1 is 0.977 bits per heavy atom. The molecule has 1 atom stereocenters. The van der Waals surface area contributed by atoms with Gasteiger partial charge in [0.05, 0.1) is 34.0 Å². The molecule has 2 amide bonds. The summed E-state index contributed by atoms with van der Waals surface area (Å²) in [5.74, 6) is -2.60. The summed E-state index contributed by atoms with van der Waals surface area (Å²) in [5, 5.41) is 19.1.